The van der Waals surface area contributed by atoms with Crippen LogP contribution < -0.4 is 10.0 Å². The van der Waals surface area contributed by atoms with Crippen molar-refractivity contribution in [2.24, 2.45) is 0 Å². The van der Waals surface area contributed by atoms with Gasteiger partial charge in [-0.15, -0.1) is 12.6 Å². The van der Waals surface area contributed by atoms with Crippen molar-refractivity contribution in [3.05, 3.63) is 64.6 Å². The molecule has 0 aliphatic heterocycles. The molecule has 7 heteroatoms. The molecule has 0 aliphatic rings. The minimum Gasteiger partial charge on any atom is -0.323 e. The third-order valence-corrected chi connectivity index (χ3v) is 5.05. The summed E-state index contributed by atoms with van der Waals surface area (Å²) < 4.78 is 15.5. The summed E-state index contributed by atoms with van der Waals surface area (Å²) in [6.07, 6.45) is 0. The van der Waals surface area contributed by atoms with Crippen LogP contribution in [0, 0.1) is 0 Å². The molecule has 0 amide bonds. The van der Waals surface area contributed by atoms with Gasteiger partial charge in [0.2, 0.25) is 0 Å². The summed E-state index contributed by atoms with van der Waals surface area (Å²) in [6.45, 7) is 0. The fourth-order valence-corrected chi connectivity index (χ4v) is 4.08. The maximum Gasteiger partial charge on any atom is 0.150 e. The van der Waals surface area contributed by atoms with Crippen LogP contribution >= 0.6 is 35.8 Å². The van der Waals surface area contributed by atoms with Crippen molar-refractivity contribution < 1.29 is 4.21 Å². The number of anilines is 1. The van der Waals surface area contributed by atoms with E-state index in [1.165, 1.54) is 0 Å². The summed E-state index contributed by atoms with van der Waals surface area (Å²) in [5.41, 5.74) is 0.767. The molecule has 25 heavy (non-hydrogen) atoms. The zero-order valence-corrected chi connectivity index (χ0v) is 16.9. The number of rotatable bonds is 3. The van der Waals surface area contributed by atoms with Gasteiger partial charge in [0.05, 0.1) is 10.6 Å². The fraction of sp³-hybridized carbons (Fsp3) is 0.111. The molecule has 0 bridgehead atoms. The summed E-state index contributed by atoms with van der Waals surface area (Å²) in [7, 11) is 2.29. The van der Waals surface area contributed by atoms with Gasteiger partial charge >= 0.3 is 0 Å². The van der Waals surface area contributed by atoms with E-state index in [-0.39, 0.29) is 0 Å². The van der Waals surface area contributed by atoms with Gasteiger partial charge in [0.1, 0.15) is 11.0 Å². The van der Waals surface area contributed by atoms with Crippen LogP contribution in [0.4, 0.5) is 5.69 Å². The standard InChI is InChI=1S/C16H11Cl2NOS2.C2H7N/c17-10-7-11(18)9-12(8-10)22(20)19-15-5-1-4-14-13(15)3-2-6-16(14)21;1-3-2/h1-9,19,21H;3H,1-2H3. The van der Waals surface area contributed by atoms with Crippen LogP contribution in [-0.2, 0) is 11.0 Å². The molecule has 3 rings (SSSR count). The molecule has 0 aromatic heterocycles. The number of hydrogen-bond acceptors (Lipinski definition) is 3. The van der Waals surface area contributed by atoms with Gasteiger partial charge in [0.25, 0.3) is 0 Å². The Hall–Kier alpha value is -1.24. The molecule has 3 aromatic rings. The van der Waals surface area contributed by atoms with Crippen molar-refractivity contribution in [1.29, 1.82) is 0 Å². The van der Waals surface area contributed by atoms with Crippen LogP contribution in [0.1, 0.15) is 0 Å². The second-order valence-corrected chi connectivity index (χ2v) is 7.72. The molecule has 0 heterocycles. The molecular weight excluding hydrogens is 395 g/mol. The van der Waals surface area contributed by atoms with Gasteiger partial charge in [0, 0.05) is 20.3 Å². The Morgan fingerprint density at radius 3 is 2.12 bits per heavy atom. The van der Waals surface area contributed by atoms with E-state index in [1.54, 1.807) is 18.2 Å². The van der Waals surface area contributed by atoms with E-state index in [0.29, 0.717) is 14.9 Å². The first-order chi connectivity index (χ1) is 12.0. The summed E-state index contributed by atoms with van der Waals surface area (Å²) >= 11 is 16.4. The molecule has 1 atom stereocenters. The first-order valence-corrected chi connectivity index (χ1v) is 9.75. The highest BCUT2D eigenvalue weighted by Gasteiger charge is 2.09. The highest BCUT2D eigenvalue weighted by atomic mass is 35.5. The van der Waals surface area contributed by atoms with E-state index in [1.807, 2.05) is 50.5 Å². The zero-order valence-electron chi connectivity index (χ0n) is 13.7. The second kappa shape index (κ2) is 9.46. The van der Waals surface area contributed by atoms with E-state index in [9.17, 15) is 4.21 Å². The monoisotopic (exact) mass is 412 g/mol. The van der Waals surface area contributed by atoms with Gasteiger partial charge in [-0.3, -0.25) is 0 Å². The van der Waals surface area contributed by atoms with Gasteiger partial charge in [0.15, 0.2) is 0 Å². The van der Waals surface area contributed by atoms with Gasteiger partial charge in [-0.1, -0.05) is 47.5 Å². The van der Waals surface area contributed by atoms with Crippen LogP contribution in [0.15, 0.2) is 64.4 Å². The predicted molar refractivity (Wildman–Crippen MR) is 113 cm³/mol. The minimum atomic E-state index is -1.46. The molecule has 0 fully saturated rings. The third kappa shape index (κ3) is 5.36. The molecular formula is C18H18Cl2N2OS2. The Bertz CT molecular complexity index is 883. The average Bonchev–Trinajstić information content (AvgIpc) is 2.55. The van der Waals surface area contributed by atoms with Crippen molar-refractivity contribution >= 4 is 63.3 Å². The molecule has 2 N–H and O–H groups in total. The van der Waals surface area contributed by atoms with Crippen molar-refractivity contribution in [3.8, 4) is 0 Å². The van der Waals surface area contributed by atoms with Gasteiger partial charge in [-0.25, -0.2) is 4.21 Å². The normalized spacial score (nSPS) is 11.6. The Kier molecular flexibility index (Phi) is 7.59. The molecule has 0 aliphatic carbocycles. The van der Waals surface area contributed by atoms with Crippen LogP contribution in [-0.4, -0.2) is 18.3 Å². The van der Waals surface area contributed by atoms with E-state index >= 15 is 0 Å². The number of nitrogens with one attached hydrogen (secondary N) is 2. The molecule has 132 valence electrons. The topological polar surface area (TPSA) is 41.1 Å². The van der Waals surface area contributed by atoms with Crippen LogP contribution in [0.2, 0.25) is 10.0 Å². The lowest BCUT2D eigenvalue weighted by molar-refractivity contribution is 0.686. The SMILES string of the molecule is CNC.O=S(Nc1cccc2c(S)cccc12)c1cc(Cl)cc(Cl)c1. The van der Waals surface area contributed by atoms with Crippen LogP contribution in [0.3, 0.4) is 0 Å². The largest absolute Gasteiger partial charge is 0.323 e. The Balaban J connectivity index is 0.000000701. The molecule has 0 saturated carbocycles. The molecule has 3 nitrogen and oxygen atoms in total. The smallest absolute Gasteiger partial charge is 0.150 e. The number of hydrogen-bond donors (Lipinski definition) is 3. The summed E-state index contributed by atoms with van der Waals surface area (Å²) in [5, 5.41) is 5.61. The van der Waals surface area contributed by atoms with E-state index < -0.39 is 11.0 Å². The number of benzene rings is 3. The third-order valence-electron chi connectivity index (χ3n) is 3.15. The number of fused-ring (bicyclic) bond motifs is 1. The lowest BCUT2D eigenvalue weighted by Crippen LogP contribution is -2.05. The lowest BCUT2D eigenvalue weighted by Gasteiger charge is -2.11. The Morgan fingerprint density at radius 1 is 0.920 bits per heavy atom. The lowest BCUT2D eigenvalue weighted by atomic mass is 10.1. The molecule has 1 unspecified atom stereocenters. The molecule has 3 aromatic carbocycles. The molecule has 0 radical (unpaired) electrons. The van der Waals surface area contributed by atoms with E-state index in [4.69, 9.17) is 23.2 Å². The zero-order chi connectivity index (χ0) is 18.4. The minimum absolute atomic E-state index is 0.452. The van der Waals surface area contributed by atoms with Crippen LogP contribution in [0.5, 0.6) is 0 Å². The number of thiol groups is 1. The first-order valence-electron chi connectivity index (χ1n) is 7.40. The first kappa shape index (κ1) is 20.1. The Labute approximate surface area is 165 Å². The molecule has 0 saturated heterocycles. The second-order valence-electron chi connectivity index (χ2n) is 5.15. The molecule has 0 spiro atoms. The fourth-order valence-electron chi connectivity index (χ4n) is 2.18. The van der Waals surface area contributed by atoms with Gasteiger partial charge in [-0.2, -0.15) is 0 Å². The predicted octanol–water partition coefficient (Wildman–Crippen LogP) is 5.41. The Morgan fingerprint density at radius 2 is 1.48 bits per heavy atom. The highest BCUT2D eigenvalue weighted by molar-refractivity contribution is 7.86. The quantitative estimate of drug-likeness (QED) is 0.503. The summed E-state index contributed by atoms with van der Waals surface area (Å²) in [4.78, 5) is 1.40. The number of halogens is 2. The average molecular weight is 413 g/mol. The van der Waals surface area contributed by atoms with Crippen molar-refractivity contribution in [2.45, 2.75) is 9.79 Å². The summed E-state index contributed by atoms with van der Waals surface area (Å²) in [5.74, 6) is 0. The maximum absolute atomic E-state index is 12.5. The van der Waals surface area contributed by atoms with Crippen molar-refractivity contribution in [2.75, 3.05) is 18.8 Å². The van der Waals surface area contributed by atoms with Crippen molar-refractivity contribution in [1.82, 2.24) is 5.32 Å². The maximum atomic E-state index is 12.5. The highest BCUT2D eigenvalue weighted by Crippen LogP contribution is 2.29. The van der Waals surface area contributed by atoms with E-state index in [2.05, 4.69) is 22.7 Å². The van der Waals surface area contributed by atoms with E-state index in [0.717, 1.165) is 21.4 Å². The van der Waals surface area contributed by atoms with Gasteiger partial charge < -0.3 is 10.0 Å². The van der Waals surface area contributed by atoms with Crippen molar-refractivity contribution in [3.63, 3.8) is 0 Å². The van der Waals surface area contributed by atoms with Crippen LogP contribution in [0.25, 0.3) is 10.8 Å². The van der Waals surface area contributed by atoms with Gasteiger partial charge in [-0.05, 0) is 49.8 Å². The summed E-state index contributed by atoms with van der Waals surface area (Å²) in [6, 6.07) is 16.4.